The smallest absolute Gasteiger partial charge is 0.317 e. The summed E-state index contributed by atoms with van der Waals surface area (Å²) in [5.41, 5.74) is 9.00. The van der Waals surface area contributed by atoms with E-state index in [1.54, 1.807) is 18.3 Å². The molecule has 0 aromatic carbocycles. The predicted octanol–water partition coefficient (Wildman–Crippen LogP) is 0.432. The Labute approximate surface area is 103 Å². The molecule has 1 aliphatic rings. The van der Waals surface area contributed by atoms with Crippen LogP contribution in [-0.2, 0) is 4.79 Å². The summed E-state index contributed by atoms with van der Waals surface area (Å²) in [6, 6.07) is 2.74. The fraction of sp³-hybridized carbons (Fsp3) is 0.273. The van der Waals surface area contributed by atoms with Gasteiger partial charge in [-0.1, -0.05) is 6.92 Å². The van der Waals surface area contributed by atoms with Crippen molar-refractivity contribution in [1.29, 1.82) is 0 Å². The maximum Gasteiger partial charge on any atom is 0.317 e. The van der Waals surface area contributed by atoms with Crippen LogP contribution in [0.1, 0.15) is 18.9 Å². The molecule has 94 valence electrons. The lowest BCUT2D eigenvalue weighted by Gasteiger charge is -2.18. The molecule has 7 nitrogen and oxygen atoms in total. The van der Waals surface area contributed by atoms with E-state index < -0.39 is 6.03 Å². The number of anilines is 1. The Bertz CT molecular complexity index is 509. The number of pyridine rings is 1. The van der Waals surface area contributed by atoms with Crippen molar-refractivity contribution in [3.8, 4) is 0 Å². The fourth-order valence-electron chi connectivity index (χ4n) is 1.75. The molecule has 2 rings (SSSR count). The van der Waals surface area contributed by atoms with E-state index in [1.165, 1.54) is 0 Å². The Morgan fingerprint density at radius 3 is 2.89 bits per heavy atom. The minimum absolute atomic E-state index is 0.0375. The topological polar surface area (TPSA) is 109 Å². The monoisotopic (exact) mass is 247 g/mol. The Morgan fingerprint density at radius 1 is 1.56 bits per heavy atom. The summed E-state index contributed by atoms with van der Waals surface area (Å²) in [4.78, 5) is 25.8. The van der Waals surface area contributed by atoms with Gasteiger partial charge in [-0.05, 0) is 12.1 Å². The lowest BCUT2D eigenvalue weighted by molar-refractivity contribution is -0.121. The average molecular weight is 247 g/mol. The molecule has 1 atom stereocenters. The number of rotatable bonds is 2. The molecular formula is C11H13N5O2. The van der Waals surface area contributed by atoms with Gasteiger partial charge in [-0.15, -0.1) is 0 Å². The van der Waals surface area contributed by atoms with Crippen LogP contribution in [0, 0.1) is 5.92 Å². The van der Waals surface area contributed by atoms with E-state index >= 15 is 0 Å². The number of carbonyl (C=O) groups excluding carboxylic acids is 2. The van der Waals surface area contributed by atoms with Gasteiger partial charge in [0, 0.05) is 24.1 Å². The first-order valence-corrected chi connectivity index (χ1v) is 5.45. The third kappa shape index (κ3) is 2.62. The van der Waals surface area contributed by atoms with Crippen molar-refractivity contribution in [2.24, 2.45) is 16.8 Å². The van der Waals surface area contributed by atoms with Gasteiger partial charge in [-0.2, -0.15) is 5.10 Å². The van der Waals surface area contributed by atoms with Crippen LogP contribution in [0.2, 0.25) is 0 Å². The molecule has 3 amide bonds. The van der Waals surface area contributed by atoms with Crippen LogP contribution in [0.25, 0.3) is 0 Å². The van der Waals surface area contributed by atoms with Crippen LogP contribution in [0.15, 0.2) is 23.4 Å². The van der Waals surface area contributed by atoms with Gasteiger partial charge in [0.05, 0.1) is 5.71 Å². The van der Waals surface area contributed by atoms with Gasteiger partial charge in [-0.25, -0.2) is 15.2 Å². The Hall–Kier alpha value is -2.44. The third-order valence-corrected chi connectivity index (χ3v) is 2.57. The van der Waals surface area contributed by atoms with Crippen molar-refractivity contribution in [3.63, 3.8) is 0 Å². The van der Waals surface area contributed by atoms with E-state index in [1.807, 2.05) is 6.92 Å². The van der Waals surface area contributed by atoms with E-state index in [4.69, 9.17) is 5.73 Å². The zero-order chi connectivity index (χ0) is 13.1. The molecule has 1 aromatic heterocycles. The van der Waals surface area contributed by atoms with Crippen LogP contribution in [0.3, 0.4) is 0 Å². The zero-order valence-corrected chi connectivity index (χ0v) is 9.80. The summed E-state index contributed by atoms with van der Waals surface area (Å²) in [6.45, 7) is 1.92. The molecule has 0 bridgehead atoms. The number of hydrogen-bond donors (Lipinski definition) is 3. The molecule has 0 fully saturated rings. The average Bonchev–Trinajstić information content (AvgIpc) is 2.30. The number of aromatic nitrogens is 1. The number of nitrogens with two attached hydrogens (primary N) is 1. The van der Waals surface area contributed by atoms with Gasteiger partial charge >= 0.3 is 6.03 Å². The maximum atomic E-state index is 11.1. The van der Waals surface area contributed by atoms with E-state index in [9.17, 15) is 9.59 Å². The van der Waals surface area contributed by atoms with Crippen LogP contribution < -0.4 is 16.5 Å². The van der Waals surface area contributed by atoms with Gasteiger partial charge < -0.3 is 5.73 Å². The predicted molar refractivity (Wildman–Crippen MR) is 65.9 cm³/mol. The molecule has 0 saturated heterocycles. The summed E-state index contributed by atoms with van der Waals surface area (Å²) in [5, 5.41) is 6.39. The van der Waals surface area contributed by atoms with Crippen molar-refractivity contribution in [3.05, 3.63) is 23.9 Å². The quantitative estimate of drug-likeness (QED) is 0.704. The third-order valence-electron chi connectivity index (χ3n) is 2.57. The SMILES string of the molecule is CC1CC(=O)NN=C1c1ccc(NC(N)=O)nc1. The lowest BCUT2D eigenvalue weighted by Crippen LogP contribution is -2.32. The Balaban J connectivity index is 2.19. The summed E-state index contributed by atoms with van der Waals surface area (Å²) in [7, 11) is 0. The normalized spacial score (nSPS) is 18.8. The van der Waals surface area contributed by atoms with Crippen molar-refractivity contribution in [2.45, 2.75) is 13.3 Å². The number of hydrogen-bond acceptors (Lipinski definition) is 4. The molecule has 1 unspecified atom stereocenters. The van der Waals surface area contributed by atoms with Gasteiger partial charge in [0.15, 0.2) is 0 Å². The number of nitrogens with zero attached hydrogens (tertiary/aromatic N) is 2. The second-order valence-corrected chi connectivity index (χ2v) is 4.06. The summed E-state index contributed by atoms with van der Waals surface area (Å²) in [6.07, 6.45) is 1.98. The molecule has 1 aromatic rings. The van der Waals surface area contributed by atoms with E-state index in [-0.39, 0.29) is 11.8 Å². The minimum Gasteiger partial charge on any atom is -0.351 e. The fourth-order valence-corrected chi connectivity index (χ4v) is 1.75. The number of urea groups is 1. The molecule has 7 heteroatoms. The van der Waals surface area contributed by atoms with Gasteiger partial charge in [0.1, 0.15) is 5.82 Å². The van der Waals surface area contributed by atoms with Gasteiger partial charge in [-0.3, -0.25) is 10.1 Å². The van der Waals surface area contributed by atoms with Crippen molar-refractivity contribution < 1.29 is 9.59 Å². The van der Waals surface area contributed by atoms with Crippen LogP contribution >= 0.6 is 0 Å². The number of primary amides is 1. The standard InChI is InChI=1S/C11H13N5O2/c1-6-4-9(17)15-16-10(6)7-2-3-8(13-5-7)14-11(12)18/h2-3,5-6H,4H2,1H3,(H,15,17)(H3,12,13,14,18). The second kappa shape index (κ2) is 4.82. The molecule has 1 aliphatic heterocycles. The van der Waals surface area contributed by atoms with Crippen molar-refractivity contribution >= 4 is 23.5 Å². The first-order valence-electron chi connectivity index (χ1n) is 5.45. The number of carbonyl (C=O) groups is 2. The summed E-state index contributed by atoms with van der Waals surface area (Å²) < 4.78 is 0. The molecule has 18 heavy (non-hydrogen) atoms. The van der Waals surface area contributed by atoms with Gasteiger partial charge in [0.2, 0.25) is 5.91 Å². The van der Waals surface area contributed by atoms with Gasteiger partial charge in [0.25, 0.3) is 0 Å². The van der Waals surface area contributed by atoms with Crippen molar-refractivity contribution in [2.75, 3.05) is 5.32 Å². The summed E-state index contributed by atoms with van der Waals surface area (Å²) in [5.74, 6) is 0.320. The van der Waals surface area contributed by atoms with E-state index in [2.05, 4.69) is 20.8 Å². The number of nitrogens with one attached hydrogen (secondary N) is 2. The maximum absolute atomic E-state index is 11.1. The molecule has 4 N–H and O–H groups in total. The minimum atomic E-state index is -0.661. The van der Waals surface area contributed by atoms with Crippen LogP contribution in [-0.4, -0.2) is 22.6 Å². The van der Waals surface area contributed by atoms with Crippen LogP contribution in [0.5, 0.6) is 0 Å². The van der Waals surface area contributed by atoms with Crippen LogP contribution in [0.4, 0.5) is 10.6 Å². The van der Waals surface area contributed by atoms with Crippen molar-refractivity contribution in [1.82, 2.24) is 10.4 Å². The Morgan fingerprint density at radius 2 is 2.33 bits per heavy atom. The molecule has 0 aliphatic carbocycles. The highest BCUT2D eigenvalue weighted by molar-refractivity contribution is 6.05. The molecule has 0 radical (unpaired) electrons. The second-order valence-electron chi connectivity index (χ2n) is 4.06. The highest BCUT2D eigenvalue weighted by Gasteiger charge is 2.21. The highest BCUT2D eigenvalue weighted by Crippen LogP contribution is 2.16. The molecule has 0 saturated carbocycles. The largest absolute Gasteiger partial charge is 0.351 e. The Kier molecular flexibility index (Phi) is 3.22. The molecular weight excluding hydrogens is 234 g/mol. The molecule has 0 spiro atoms. The number of hydrazone groups is 1. The van der Waals surface area contributed by atoms with E-state index in [0.29, 0.717) is 12.2 Å². The lowest BCUT2D eigenvalue weighted by atomic mass is 9.95. The molecule has 2 heterocycles. The number of amides is 3. The summed E-state index contributed by atoms with van der Waals surface area (Å²) >= 11 is 0. The van der Waals surface area contributed by atoms with E-state index in [0.717, 1.165) is 11.3 Å². The first-order chi connectivity index (χ1) is 8.56. The zero-order valence-electron chi connectivity index (χ0n) is 9.80. The highest BCUT2D eigenvalue weighted by atomic mass is 16.2. The first kappa shape index (κ1) is 12.0.